The molecular weight excluding hydrogens is 168 g/mol. The molecule has 1 rings (SSSR count). The largest absolute Gasteiger partial charge is 0.271 e. The van der Waals surface area contributed by atoms with Crippen molar-refractivity contribution in [2.75, 3.05) is 6.61 Å². The lowest BCUT2D eigenvalue weighted by Crippen LogP contribution is -2.44. The summed E-state index contributed by atoms with van der Waals surface area (Å²) < 4.78 is 0. The van der Waals surface area contributed by atoms with Gasteiger partial charge in [0.25, 0.3) is 5.91 Å². The van der Waals surface area contributed by atoms with Crippen LogP contribution in [0.15, 0.2) is 0 Å². The SMILES string of the molecule is C#CCONC(=O)C1(C#N)CCC1. The Morgan fingerprint density at radius 2 is 2.38 bits per heavy atom. The molecule has 68 valence electrons. The Hall–Kier alpha value is -1.52. The maximum absolute atomic E-state index is 11.3. The Morgan fingerprint density at radius 1 is 1.69 bits per heavy atom. The fourth-order valence-electron chi connectivity index (χ4n) is 1.16. The molecule has 0 bridgehead atoms. The van der Waals surface area contributed by atoms with Crippen LogP contribution in [0.5, 0.6) is 0 Å². The summed E-state index contributed by atoms with van der Waals surface area (Å²) >= 11 is 0. The minimum atomic E-state index is -0.866. The number of nitrogens with zero attached hydrogens (tertiary/aromatic N) is 1. The van der Waals surface area contributed by atoms with Crippen molar-refractivity contribution < 1.29 is 9.63 Å². The van der Waals surface area contributed by atoms with E-state index in [1.807, 2.05) is 6.07 Å². The van der Waals surface area contributed by atoms with Crippen molar-refractivity contribution in [2.24, 2.45) is 5.41 Å². The first-order valence-corrected chi connectivity index (χ1v) is 4.02. The summed E-state index contributed by atoms with van der Waals surface area (Å²) in [5, 5.41) is 8.76. The molecule has 1 aliphatic rings. The van der Waals surface area contributed by atoms with Crippen LogP contribution < -0.4 is 5.48 Å². The highest BCUT2D eigenvalue weighted by Crippen LogP contribution is 2.40. The van der Waals surface area contributed by atoms with E-state index < -0.39 is 5.41 Å². The molecule has 0 atom stereocenters. The standard InChI is InChI=1S/C9H10N2O2/c1-2-6-13-11-8(12)9(7-10)4-3-5-9/h1H,3-6H2,(H,11,12). The zero-order valence-corrected chi connectivity index (χ0v) is 7.17. The molecule has 4 nitrogen and oxygen atoms in total. The van der Waals surface area contributed by atoms with Gasteiger partial charge in [-0.15, -0.1) is 6.42 Å². The van der Waals surface area contributed by atoms with Gasteiger partial charge in [-0.2, -0.15) is 5.26 Å². The monoisotopic (exact) mass is 178 g/mol. The van der Waals surface area contributed by atoms with Crippen LogP contribution in [0.3, 0.4) is 0 Å². The number of hydrogen-bond donors (Lipinski definition) is 1. The van der Waals surface area contributed by atoms with Crippen molar-refractivity contribution in [1.29, 1.82) is 5.26 Å². The third kappa shape index (κ3) is 1.80. The summed E-state index contributed by atoms with van der Waals surface area (Å²) in [6, 6.07) is 2.00. The van der Waals surface area contributed by atoms with Crippen LogP contribution in [0.4, 0.5) is 0 Å². The highest BCUT2D eigenvalue weighted by molar-refractivity contribution is 5.85. The number of amides is 1. The van der Waals surface area contributed by atoms with Gasteiger partial charge >= 0.3 is 0 Å². The number of rotatable bonds is 3. The Kier molecular flexibility index (Phi) is 2.89. The Bertz CT molecular complexity index is 281. The smallest absolute Gasteiger partial charge is 0.264 e. The molecule has 0 heterocycles. The van der Waals surface area contributed by atoms with E-state index >= 15 is 0 Å². The molecule has 4 heteroatoms. The van der Waals surface area contributed by atoms with Gasteiger partial charge in [-0.25, -0.2) is 5.48 Å². The molecule has 1 fully saturated rings. The van der Waals surface area contributed by atoms with E-state index in [0.717, 1.165) is 6.42 Å². The van der Waals surface area contributed by atoms with E-state index in [1.165, 1.54) is 0 Å². The number of terminal acetylenes is 1. The lowest BCUT2D eigenvalue weighted by Gasteiger charge is -2.32. The van der Waals surface area contributed by atoms with Crippen molar-refractivity contribution in [3.05, 3.63) is 0 Å². The van der Waals surface area contributed by atoms with Gasteiger partial charge in [-0.1, -0.05) is 5.92 Å². The fourth-order valence-corrected chi connectivity index (χ4v) is 1.16. The van der Waals surface area contributed by atoms with Crippen LogP contribution in [0.1, 0.15) is 19.3 Å². The summed E-state index contributed by atoms with van der Waals surface area (Å²) in [7, 11) is 0. The predicted molar refractivity (Wildman–Crippen MR) is 44.8 cm³/mol. The molecule has 1 aliphatic carbocycles. The number of carbonyl (C=O) groups excluding carboxylic acids is 1. The highest BCUT2D eigenvalue weighted by atomic mass is 16.6. The lowest BCUT2D eigenvalue weighted by atomic mass is 9.69. The predicted octanol–water partition coefficient (Wildman–Crippen LogP) is 0.361. The summed E-state index contributed by atoms with van der Waals surface area (Å²) in [5.74, 6) is 1.83. The first-order chi connectivity index (χ1) is 6.25. The summed E-state index contributed by atoms with van der Waals surface area (Å²) in [5.41, 5.74) is 1.31. The third-order valence-corrected chi connectivity index (χ3v) is 2.18. The van der Waals surface area contributed by atoms with Gasteiger partial charge in [0, 0.05) is 0 Å². The molecule has 1 saturated carbocycles. The average molecular weight is 178 g/mol. The molecule has 13 heavy (non-hydrogen) atoms. The van der Waals surface area contributed by atoms with Gasteiger partial charge in [0.05, 0.1) is 6.07 Å². The van der Waals surface area contributed by atoms with Crippen LogP contribution >= 0.6 is 0 Å². The number of nitrogens with one attached hydrogen (secondary N) is 1. The summed E-state index contributed by atoms with van der Waals surface area (Å²) in [6.45, 7) is 0.0211. The van der Waals surface area contributed by atoms with E-state index in [2.05, 4.69) is 16.2 Å². The van der Waals surface area contributed by atoms with E-state index in [4.69, 9.17) is 11.7 Å². The Balaban J connectivity index is 2.39. The molecule has 0 aromatic heterocycles. The molecule has 0 saturated heterocycles. The average Bonchev–Trinajstić information content (AvgIpc) is 2.04. The topological polar surface area (TPSA) is 62.1 Å². The van der Waals surface area contributed by atoms with Crippen molar-refractivity contribution in [1.82, 2.24) is 5.48 Å². The van der Waals surface area contributed by atoms with E-state index in [1.54, 1.807) is 0 Å². The molecule has 0 aromatic carbocycles. The highest BCUT2D eigenvalue weighted by Gasteiger charge is 2.44. The van der Waals surface area contributed by atoms with Crippen molar-refractivity contribution in [3.63, 3.8) is 0 Å². The Morgan fingerprint density at radius 3 is 2.77 bits per heavy atom. The molecule has 1 N–H and O–H groups in total. The molecule has 0 radical (unpaired) electrons. The zero-order chi connectivity index (χ0) is 9.73. The van der Waals surface area contributed by atoms with E-state index in [9.17, 15) is 4.79 Å². The first kappa shape index (κ1) is 9.57. The Labute approximate surface area is 76.8 Å². The van der Waals surface area contributed by atoms with Crippen molar-refractivity contribution in [2.45, 2.75) is 19.3 Å². The second-order valence-corrected chi connectivity index (χ2v) is 2.97. The summed E-state index contributed by atoms with van der Waals surface area (Å²) in [6.07, 6.45) is 7.04. The third-order valence-electron chi connectivity index (χ3n) is 2.18. The number of hydrogen-bond acceptors (Lipinski definition) is 3. The van der Waals surface area contributed by atoms with Crippen LogP contribution in [-0.4, -0.2) is 12.5 Å². The van der Waals surface area contributed by atoms with Gasteiger partial charge < -0.3 is 0 Å². The van der Waals surface area contributed by atoms with Crippen LogP contribution in [0.25, 0.3) is 0 Å². The second kappa shape index (κ2) is 3.93. The van der Waals surface area contributed by atoms with Crippen LogP contribution in [0.2, 0.25) is 0 Å². The second-order valence-electron chi connectivity index (χ2n) is 2.97. The minimum absolute atomic E-state index is 0.0211. The number of hydroxylamine groups is 1. The van der Waals surface area contributed by atoms with Gasteiger partial charge in [0.2, 0.25) is 0 Å². The van der Waals surface area contributed by atoms with Crippen LogP contribution in [0, 0.1) is 29.1 Å². The normalized spacial score (nSPS) is 17.7. The first-order valence-electron chi connectivity index (χ1n) is 4.02. The molecule has 0 aliphatic heterocycles. The fraction of sp³-hybridized carbons (Fsp3) is 0.556. The zero-order valence-electron chi connectivity index (χ0n) is 7.17. The van der Waals surface area contributed by atoms with Gasteiger partial charge in [-0.3, -0.25) is 9.63 Å². The molecular formula is C9H10N2O2. The molecule has 0 unspecified atom stereocenters. The number of carbonyl (C=O) groups is 1. The maximum atomic E-state index is 11.3. The quantitative estimate of drug-likeness (QED) is 0.385. The molecule has 1 amide bonds. The molecule has 0 aromatic rings. The van der Waals surface area contributed by atoms with Gasteiger partial charge in [0.1, 0.15) is 12.0 Å². The number of nitriles is 1. The van der Waals surface area contributed by atoms with Gasteiger partial charge in [0.15, 0.2) is 0 Å². The van der Waals surface area contributed by atoms with Gasteiger partial charge in [-0.05, 0) is 19.3 Å². The minimum Gasteiger partial charge on any atom is -0.271 e. The van der Waals surface area contributed by atoms with E-state index in [0.29, 0.717) is 12.8 Å². The van der Waals surface area contributed by atoms with Crippen molar-refractivity contribution >= 4 is 5.91 Å². The van der Waals surface area contributed by atoms with Crippen molar-refractivity contribution in [3.8, 4) is 18.4 Å². The van der Waals surface area contributed by atoms with E-state index in [-0.39, 0.29) is 12.5 Å². The summed E-state index contributed by atoms with van der Waals surface area (Å²) in [4.78, 5) is 16.0. The molecule has 0 spiro atoms. The lowest BCUT2D eigenvalue weighted by molar-refractivity contribution is -0.143. The maximum Gasteiger partial charge on any atom is 0.264 e. The van der Waals surface area contributed by atoms with Crippen LogP contribution in [-0.2, 0) is 9.63 Å².